The minimum atomic E-state index is 0.508. The summed E-state index contributed by atoms with van der Waals surface area (Å²) in [5, 5.41) is 0. The number of hydrogen-bond acceptors (Lipinski definition) is 2. The van der Waals surface area contributed by atoms with Gasteiger partial charge in [0.25, 0.3) is 0 Å². The maximum Gasteiger partial charge on any atom is 0.0111 e. The zero-order chi connectivity index (χ0) is 13.4. The topological polar surface area (TPSA) is 29.3 Å². The van der Waals surface area contributed by atoms with Gasteiger partial charge in [-0.05, 0) is 75.7 Å². The molecule has 3 aliphatic carbocycles. The first kappa shape index (κ1) is 13.9. The molecule has 0 radical (unpaired) electrons. The van der Waals surface area contributed by atoms with E-state index in [-0.39, 0.29) is 0 Å². The molecule has 0 aromatic rings. The fraction of sp³-hybridized carbons (Fsp3) is 1.00. The Labute approximate surface area is 119 Å². The summed E-state index contributed by atoms with van der Waals surface area (Å²) in [6.45, 7) is 3.62. The highest BCUT2D eigenvalue weighted by molar-refractivity contribution is 5.00. The van der Waals surface area contributed by atoms with Gasteiger partial charge >= 0.3 is 0 Å². The molecule has 0 spiro atoms. The number of nitrogens with two attached hydrogens (primary N) is 1. The molecule has 0 heterocycles. The van der Waals surface area contributed by atoms with Crippen molar-refractivity contribution in [1.29, 1.82) is 0 Å². The summed E-state index contributed by atoms with van der Waals surface area (Å²) in [7, 11) is 2.36. The van der Waals surface area contributed by atoms with E-state index < -0.39 is 0 Å². The zero-order valence-electron chi connectivity index (χ0n) is 12.9. The van der Waals surface area contributed by atoms with Crippen LogP contribution in [0.2, 0.25) is 0 Å². The van der Waals surface area contributed by atoms with Gasteiger partial charge in [0.15, 0.2) is 0 Å². The minimum Gasteiger partial charge on any atom is -0.327 e. The van der Waals surface area contributed by atoms with Gasteiger partial charge in [-0.2, -0.15) is 0 Å². The van der Waals surface area contributed by atoms with Crippen molar-refractivity contribution in [1.82, 2.24) is 4.90 Å². The molecule has 3 aliphatic rings. The van der Waals surface area contributed by atoms with Crippen molar-refractivity contribution >= 4 is 0 Å². The fourth-order valence-electron chi connectivity index (χ4n) is 5.20. The SMILES string of the molecule is CCC1CCC(N(C)CC2C3CCC(C3)C2N)CC1. The first-order valence-corrected chi connectivity index (χ1v) is 8.64. The predicted octanol–water partition coefficient (Wildman–Crippen LogP) is 3.26. The smallest absolute Gasteiger partial charge is 0.0111 e. The Morgan fingerprint density at radius 2 is 1.68 bits per heavy atom. The second kappa shape index (κ2) is 5.73. The second-order valence-corrected chi connectivity index (χ2v) is 7.60. The summed E-state index contributed by atoms with van der Waals surface area (Å²) in [6, 6.07) is 1.35. The maximum atomic E-state index is 6.46. The van der Waals surface area contributed by atoms with E-state index in [0.717, 1.165) is 29.7 Å². The molecule has 0 aromatic heterocycles. The fourth-order valence-corrected chi connectivity index (χ4v) is 5.20. The highest BCUT2D eigenvalue weighted by Crippen LogP contribution is 2.48. The van der Waals surface area contributed by atoms with Gasteiger partial charge in [0.1, 0.15) is 0 Å². The van der Waals surface area contributed by atoms with E-state index >= 15 is 0 Å². The summed E-state index contributed by atoms with van der Waals surface area (Å²) in [5.41, 5.74) is 6.46. The number of fused-ring (bicyclic) bond motifs is 2. The van der Waals surface area contributed by atoms with Crippen molar-refractivity contribution in [2.45, 2.75) is 70.4 Å². The summed E-state index contributed by atoms with van der Waals surface area (Å²) in [4.78, 5) is 2.66. The van der Waals surface area contributed by atoms with Gasteiger partial charge in [-0.25, -0.2) is 0 Å². The van der Waals surface area contributed by atoms with Gasteiger partial charge in [0.2, 0.25) is 0 Å². The Morgan fingerprint density at radius 1 is 1.00 bits per heavy atom. The summed E-state index contributed by atoms with van der Waals surface area (Å²) >= 11 is 0. The van der Waals surface area contributed by atoms with Crippen LogP contribution in [0.3, 0.4) is 0 Å². The first-order chi connectivity index (χ1) is 9.19. The van der Waals surface area contributed by atoms with Gasteiger partial charge < -0.3 is 10.6 Å². The Morgan fingerprint density at radius 3 is 2.26 bits per heavy atom. The Hall–Kier alpha value is -0.0800. The van der Waals surface area contributed by atoms with Gasteiger partial charge in [-0.15, -0.1) is 0 Å². The van der Waals surface area contributed by atoms with Crippen LogP contribution in [-0.2, 0) is 0 Å². The summed E-state index contributed by atoms with van der Waals surface area (Å²) < 4.78 is 0. The lowest BCUT2D eigenvalue weighted by Gasteiger charge is -2.38. The molecule has 0 aliphatic heterocycles. The number of rotatable bonds is 4. The molecule has 3 saturated carbocycles. The van der Waals surface area contributed by atoms with Crippen LogP contribution in [0, 0.1) is 23.7 Å². The van der Waals surface area contributed by atoms with Crippen molar-refractivity contribution in [3.63, 3.8) is 0 Å². The molecule has 2 heteroatoms. The van der Waals surface area contributed by atoms with Gasteiger partial charge in [-0.3, -0.25) is 0 Å². The van der Waals surface area contributed by atoms with E-state index in [4.69, 9.17) is 5.73 Å². The minimum absolute atomic E-state index is 0.508. The highest BCUT2D eigenvalue weighted by atomic mass is 15.1. The van der Waals surface area contributed by atoms with E-state index in [1.54, 1.807) is 0 Å². The second-order valence-electron chi connectivity index (χ2n) is 7.60. The number of hydrogen-bond donors (Lipinski definition) is 1. The monoisotopic (exact) mass is 264 g/mol. The Kier molecular flexibility index (Phi) is 4.19. The molecule has 110 valence electrons. The molecule has 2 bridgehead atoms. The highest BCUT2D eigenvalue weighted by Gasteiger charge is 2.46. The molecular weight excluding hydrogens is 232 g/mol. The standard InChI is InChI=1S/C17H32N2/c1-3-12-4-8-15(9-5-12)19(2)11-16-13-6-7-14(10-13)17(16)18/h12-17H,3-11,18H2,1-2H3. The van der Waals surface area contributed by atoms with Crippen molar-refractivity contribution < 1.29 is 0 Å². The summed E-state index contributed by atoms with van der Waals surface area (Å²) in [5.74, 6) is 3.62. The van der Waals surface area contributed by atoms with Crippen molar-refractivity contribution in [3.8, 4) is 0 Å². The van der Waals surface area contributed by atoms with Crippen LogP contribution in [0.4, 0.5) is 0 Å². The van der Waals surface area contributed by atoms with Crippen LogP contribution in [0.15, 0.2) is 0 Å². The quantitative estimate of drug-likeness (QED) is 0.844. The van der Waals surface area contributed by atoms with Crippen molar-refractivity contribution in [2.75, 3.05) is 13.6 Å². The third kappa shape index (κ3) is 2.71. The lowest BCUT2D eigenvalue weighted by Crippen LogP contribution is -2.45. The van der Waals surface area contributed by atoms with Crippen LogP contribution < -0.4 is 5.73 Å². The Bertz CT molecular complexity index is 294. The molecule has 2 N–H and O–H groups in total. The average Bonchev–Trinajstić information content (AvgIpc) is 3.02. The van der Waals surface area contributed by atoms with Crippen LogP contribution in [0.25, 0.3) is 0 Å². The van der Waals surface area contributed by atoms with Gasteiger partial charge in [0.05, 0.1) is 0 Å². The normalized spacial score (nSPS) is 46.1. The van der Waals surface area contributed by atoms with Crippen molar-refractivity contribution in [3.05, 3.63) is 0 Å². The third-order valence-electron chi connectivity index (χ3n) is 6.67. The van der Waals surface area contributed by atoms with E-state index in [0.29, 0.717) is 6.04 Å². The van der Waals surface area contributed by atoms with Crippen molar-refractivity contribution in [2.24, 2.45) is 29.4 Å². The van der Waals surface area contributed by atoms with Gasteiger partial charge in [-0.1, -0.05) is 13.3 Å². The Balaban J connectivity index is 1.50. The molecular formula is C17H32N2. The predicted molar refractivity (Wildman–Crippen MR) is 81.0 cm³/mol. The molecule has 0 saturated heterocycles. The number of nitrogens with zero attached hydrogens (tertiary/aromatic N) is 1. The molecule has 3 rings (SSSR count). The largest absolute Gasteiger partial charge is 0.327 e. The summed E-state index contributed by atoms with van der Waals surface area (Å²) in [6.07, 6.45) is 11.4. The first-order valence-electron chi connectivity index (χ1n) is 8.64. The molecule has 4 unspecified atom stereocenters. The van der Waals surface area contributed by atoms with Crippen LogP contribution >= 0.6 is 0 Å². The van der Waals surface area contributed by atoms with E-state index in [2.05, 4.69) is 18.9 Å². The molecule has 2 nitrogen and oxygen atoms in total. The van der Waals surface area contributed by atoms with E-state index in [9.17, 15) is 0 Å². The van der Waals surface area contributed by atoms with Crippen LogP contribution in [0.5, 0.6) is 0 Å². The lowest BCUT2D eigenvalue weighted by atomic mass is 9.82. The van der Waals surface area contributed by atoms with E-state index in [1.807, 2.05) is 0 Å². The third-order valence-corrected chi connectivity index (χ3v) is 6.67. The molecule has 19 heavy (non-hydrogen) atoms. The molecule has 3 fully saturated rings. The van der Waals surface area contributed by atoms with Crippen LogP contribution in [-0.4, -0.2) is 30.6 Å². The maximum absolute atomic E-state index is 6.46. The van der Waals surface area contributed by atoms with E-state index in [1.165, 1.54) is 57.9 Å². The molecule has 0 amide bonds. The van der Waals surface area contributed by atoms with Crippen LogP contribution in [0.1, 0.15) is 58.3 Å². The molecule has 4 atom stereocenters. The lowest BCUT2D eigenvalue weighted by molar-refractivity contribution is 0.120. The van der Waals surface area contributed by atoms with Gasteiger partial charge in [0, 0.05) is 18.6 Å². The molecule has 0 aromatic carbocycles. The average molecular weight is 264 g/mol. The zero-order valence-corrected chi connectivity index (χ0v) is 12.9.